The van der Waals surface area contributed by atoms with Gasteiger partial charge in [0.05, 0.1) is 30.3 Å². The van der Waals surface area contributed by atoms with Gasteiger partial charge in [-0.2, -0.15) is 0 Å². The predicted molar refractivity (Wildman–Crippen MR) is 223 cm³/mol. The number of hydrogen-bond acceptors (Lipinski definition) is 11. The third kappa shape index (κ3) is 9.72. The monoisotopic (exact) mass is 827 g/mol. The normalized spacial score (nSPS) is 23.3. The second-order valence-electron chi connectivity index (χ2n) is 15.3. The predicted octanol–water partition coefficient (Wildman–Crippen LogP) is 8.40. The fourth-order valence-corrected chi connectivity index (χ4v) is 9.00. The van der Waals surface area contributed by atoms with E-state index in [2.05, 4.69) is 19.2 Å². The molecule has 320 valence electrons. The number of allylic oxidation sites excluding steroid dienone is 1. The standard InChI is InChI=1S/C46H54FN3O10/c1-4-24-57-36-20-21-41-39(27-36)43-37(11-7-9-23-52)33(10-6-8-22-51)26-38-40(48-59-30-32-14-18-35(19-15-32)50(54)55)28-42(46(60-41,44(38)43)58-25-5-2)49(45(53)56-3)29-31-12-16-34(47)17-13-31/h4-5,12-21,26-27,33,37,42-44,51-52H,1-2,6-11,22-25,28-30H2,3H3. The number of methoxy groups -OCH3 is 1. The van der Waals surface area contributed by atoms with Crippen molar-refractivity contribution in [1.29, 1.82) is 0 Å². The number of nitro groups is 1. The highest BCUT2D eigenvalue weighted by atomic mass is 19.1. The molecule has 6 rings (SSSR count). The minimum atomic E-state index is -1.54. The lowest BCUT2D eigenvalue weighted by atomic mass is 9.55. The van der Waals surface area contributed by atoms with Crippen LogP contribution in [0.25, 0.3) is 0 Å². The van der Waals surface area contributed by atoms with Crippen LogP contribution in [-0.2, 0) is 27.5 Å². The van der Waals surface area contributed by atoms with Crippen LogP contribution in [0, 0.1) is 33.7 Å². The number of nitrogens with zero attached hydrogens (tertiary/aromatic N) is 3. The average Bonchev–Trinajstić information content (AvgIpc) is 3.26. The fraction of sp³-hybridized carbons (Fsp3) is 0.435. The number of amides is 1. The molecule has 1 aliphatic heterocycles. The Kier molecular flexibility index (Phi) is 15.1. The van der Waals surface area contributed by atoms with Gasteiger partial charge in [-0.25, -0.2) is 9.18 Å². The minimum absolute atomic E-state index is 0.000329. The lowest BCUT2D eigenvalue weighted by Crippen LogP contribution is -2.70. The highest BCUT2D eigenvalue weighted by Crippen LogP contribution is 2.62. The summed E-state index contributed by atoms with van der Waals surface area (Å²) in [5.74, 6) is -1.68. The van der Waals surface area contributed by atoms with Gasteiger partial charge in [-0.3, -0.25) is 15.0 Å². The molecule has 60 heavy (non-hydrogen) atoms. The zero-order chi connectivity index (χ0) is 42.6. The molecule has 1 fully saturated rings. The van der Waals surface area contributed by atoms with Crippen molar-refractivity contribution in [3.05, 3.63) is 136 Å². The Morgan fingerprint density at radius 1 is 1.00 bits per heavy atom. The largest absolute Gasteiger partial charge is 0.490 e. The number of fused-ring (bicyclic) bond motifs is 2. The summed E-state index contributed by atoms with van der Waals surface area (Å²) in [5, 5.41) is 35.8. The summed E-state index contributed by atoms with van der Waals surface area (Å²) in [4.78, 5) is 32.6. The summed E-state index contributed by atoms with van der Waals surface area (Å²) >= 11 is 0. The molecule has 1 saturated carbocycles. The molecule has 0 radical (unpaired) electrons. The van der Waals surface area contributed by atoms with Crippen molar-refractivity contribution in [2.24, 2.45) is 22.9 Å². The SMILES string of the molecule is C=CCOc1ccc2c(c1)C1C(CCCCO)C(CCCCO)C=C3C(=NOCc4ccc([N+](=O)[O-])cc4)CC(N(Cc4ccc(F)cc4)C(=O)OC)C(OCC=C)(O2)C31. The number of unbranched alkanes of at least 4 members (excludes halogenated alkanes) is 2. The number of nitro benzene ring substituents is 1. The third-order valence-electron chi connectivity index (χ3n) is 11.6. The van der Waals surface area contributed by atoms with E-state index in [1.165, 1.54) is 36.3 Å². The molecule has 2 N–H and O–H groups in total. The molecule has 3 aromatic carbocycles. The highest BCUT2D eigenvalue weighted by Gasteiger charge is 2.65. The van der Waals surface area contributed by atoms with Crippen LogP contribution >= 0.6 is 0 Å². The summed E-state index contributed by atoms with van der Waals surface area (Å²) in [5.41, 5.74) is 3.52. The first-order valence-electron chi connectivity index (χ1n) is 20.4. The molecule has 6 unspecified atom stereocenters. The molecule has 1 amide bonds. The van der Waals surface area contributed by atoms with Crippen LogP contribution in [0.1, 0.15) is 67.6 Å². The van der Waals surface area contributed by atoms with Crippen LogP contribution in [0.4, 0.5) is 14.9 Å². The lowest BCUT2D eigenvalue weighted by Gasteiger charge is -2.59. The number of carbonyl (C=O) groups is 1. The van der Waals surface area contributed by atoms with Crippen molar-refractivity contribution in [3.8, 4) is 11.5 Å². The number of rotatable bonds is 21. The number of aliphatic hydroxyl groups excluding tert-OH is 2. The van der Waals surface area contributed by atoms with E-state index in [-0.39, 0.29) is 69.4 Å². The zero-order valence-corrected chi connectivity index (χ0v) is 34.0. The summed E-state index contributed by atoms with van der Waals surface area (Å²) in [6, 6.07) is 16.7. The number of halogens is 1. The molecule has 14 heteroatoms. The van der Waals surface area contributed by atoms with Crippen molar-refractivity contribution in [2.45, 2.75) is 75.8 Å². The fourth-order valence-electron chi connectivity index (χ4n) is 9.00. The molecule has 6 atom stereocenters. The van der Waals surface area contributed by atoms with E-state index in [0.717, 1.165) is 36.8 Å². The average molecular weight is 828 g/mol. The van der Waals surface area contributed by atoms with Gasteiger partial charge in [-0.05, 0) is 96.7 Å². The second-order valence-corrected chi connectivity index (χ2v) is 15.3. The molecule has 3 aliphatic rings. The van der Waals surface area contributed by atoms with Gasteiger partial charge in [0, 0.05) is 49.8 Å². The molecule has 0 aromatic heterocycles. The molecular formula is C46H54FN3O10. The van der Waals surface area contributed by atoms with E-state index in [0.29, 0.717) is 41.2 Å². The van der Waals surface area contributed by atoms with E-state index in [4.69, 9.17) is 28.9 Å². The maximum absolute atomic E-state index is 14.2. The summed E-state index contributed by atoms with van der Waals surface area (Å²) in [6.07, 6.45) is 9.22. The number of ether oxygens (including phenoxy) is 4. The highest BCUT2D eigenvalue weighted by molar-refractivity contribution is 6.03. The quantitative estimate of drug-likeness (QED) is 0.0462. The van der Waals surface area contributed by atoms with Crippen molar-refractivity contribution >= 4 is 17.5 Å². The molecule has 0 saturated heterocycles. The number of hydrogen-bond donors (Lipinski definition) is 2. The molecule has 3 aromatic rings. The van der Waals surface area contributed by atoms with Gasteiger partial charge >= 0.3 is 6.09 Å². The smallest absolute Gasteiger partial charge is 0.410 e. The van der Waals surface area contributed by atoms with Crippen molar-refractivity contribution in [1.82, 2.24) is 4.90 Å². The Morgan fingerprint density at radius 3 is 2.37 bits per heavy atom. The van der Waals surface area contributed by atoms with Gasteiger partial charge in [0.2, 0.25) is 5.79 Å². The summed E-state index contributed by atoms with van der Waals surface area (Å²) < 4.78 is 39.8. The number of benzene rings is 3. The van der Waals surface area contributed by atoms with Crippen molar-refractivity contribution < 1.29 is 48.1 Å². The number of carbonyl (C=O) groups excluding carboxylic acids is 1. The van der Waals surface area contributed by atoms with Crippen LogP contribution in [0.2, 0.25) is 0 Å². The Hall–Kier alpha value is -5.57. The van der Waals surface area contributed by atoms with Crippen LogP contribution in [0.3, 0.4) is 0 Å². The number of oxime groups is 1. The molecule has 2 aliphatic carbocycles. The Bertz CT molecular complexity index is 2020. The van der Waals surface area contributed by atoms with E-state index in [9.17, 15) is 29.5 Å². The topological polar surface area (TPSA) is 162 Å². The van der Waals surface area contributed by atoms with Crippen LogP contribution in [0.15, 0.2) is 109 Å². The van der Waals surface area contributed by atoms with Crippen molar-refractivity contribution in [2.75, 3.05) is 33.5 Å². The number of non-ortho nitro benzene ring substituents is 1. The van der Waals surface area contributed by atoms with Gasteiger partial charge < -0.3 is 34.0 Å². The van der Waals surface area contributed by atoms with Crippen molar-refractivity contribution in [3.63, 3.8) is 0 Å². The molecule has 0 spiro atoms. The lowest BCUT2D eigenvalue weighted by molar-refractivity contribution is -0.384. The third-order valence-corrected chi connectivity index (χ3v) is 11.6. The Morgan fingerprint density at radius 2 is 1.70 bits per heavy atom. The molecule has 13 nitrogen and oxygen atoms in total. The van der Waals surface area contributed by atoms with Gasteiger partial charge in [-0.15, -0.1) is 6.58 Å². The first-order valence-corrected chi connectivity index (χ1v) is 20.4. The molecule has 0 bridgehead atoms. The number of aliphatic hydroxyl groups is 2. The zero-order valence-electron chi connectivity index (χ0n) is 34.0. The minimum Gasteiger partial charge on any atom is -0.490 e. The van der Waals surface area contributed by atoms with Crippen LogP contribution in [-0.4, -0.2) is 77.2 Å². The van der Waals surface area contributed by atoms with Crippen LogP contribution < -0.4 is 9.47 Å². The van der Waals surface area contributed by atoms with Crippen LogP contribution in [0.5, 0.6) is 11.5 Å². The molecule has 1 heterocycles. The summed E-state index contributed by atoms with van der Waals surface area (Å²) in [6.45, 7) is 8.26. The van der Waals surface area contributed by atoms with E-state index in [1.807, 2.05) is 18.2 Å². The van der Waals surface area contributed by atoms with Gasteiger partial charge in [0.25, 0.3) is 5.69 Å². The van der Waals surface area contributed by atoms with E-state index in [1.54, 1.807) is 36.4 Å². The Balaban J connectivity index is 1.58. The first-order chi connectivity index (χ1) is 29.2. The first kappa shape index (κ1) is 44.0. The second kappa shape index (κ2) is 20.6. The maximum Gasteiger partial charge on any atom is 0.410 e. The molecular weight excluding hydrogens is 774 g/mol. The van der Waals surface area contributed by atoms with Gasteiger partial charge in [0.15, 0.2) is 0 Å². The van der Waals surface area contributed by atoms with Gasteiger partial charge in [-0.1, -0.05) is 54.9 Å². The van der Waals surface area contributed by atoms with E-state index < -0.39 is 34.6 Å². The van der Waals surface area contributed by atoms with Gasteiger partial charge in [0.1, 0.15) is 36.6 Å². The Labute approximate surface area is 349 Å². The summed E-state index contributed by atoms with van der Waals surface area (Å²) in [7, 11) is 1.30. The van der Waals surface area contributed by atoms with E-state index >= 15 is 0 Å². The maximum atomic E-state index is 14.2.